The Hall–Kier alpha value is -2.83. The summed E-state index contributed by atoms with van der Waals surface area (Å²) in [5, 5.41) is 3.08. The number of rotatable bonds is 8. The Morgan fingerprint density at radius 2 is 1.92 bits per heavy atom. The number of carbonyl (C=O) groups excluding carboxylic acids is 1. The van der Waals surface area contributed by atoms with E-state index in [0.717, 1.165) is 19.4 Å². The number of aromatic nitrogens is 2. The molecule has 0 bridgehead atoms. The average molecular weight is 344 g/mol. The molecule has 1 heterocycles. The van der Waals surface area contributed by atoms with Crippen LogP contribution in [0.25, 0.3) is 0 Å². The van der Waals surface area contributed by atoms with Crippen LogP contribution in [0.2, 0.25) is 0 Å². The summed E-state index contributed by atoms with van der Waals surface area (Å²) in [6, 6.07) is 5.40. The SMILES string of the molecule is CCCCN(C)C(=O)c1cnc(Nc2ccc(OC)cc2OC)nc1. The maximum Gasteiger partial charge on any atom is 0.256 e. The molecule has 2 rings (SSSR count). The number of methoxy groups -OCH3 is 2. The van der Waals surface area contributed by atoms with Gasteiger partial charge in [-0.1, -0.05) is 13.3 Å². The van der Waals surface area contributed by atoms with E-state index in [1.807, 2.05) is 12.1 Å². The molecule has 0 aliphatic rings. The van der Waals surface area contributed by atoms with Crippen LogP contribution in [0.5, 0.6) is 11.5 Å². The van der Waals surface area contributed by atoms with E-state index in [1.165, 1.54) is 12.4 Å². The monoisotopic (exact) mass is 344 g/mol. The van der Waals surface area contributed by atoms with Gasteiger partial charge >= 0.3 is 0 Å². The highest BCUT2D eigenvalue weighted by Crippen LogP contribution is 2.30. The third-order valence-corrected chi connectivity index (χ3v) is 3.75. The average Bonchev–Trinajstić information content (AvgIpc) is 2.66. The van der Waals surface area contributed by atoms with E-state index in [4.69, 9.17) is 9.47 Å². The Balaban J connectivity index is 2.09. The van der Waals surface area contributed by atoms with Crippen molar-refractivity contribution in [1.82, 2.24) is 14.9 Å². The highest BCUT2D eigenvalue weighted by Gasteiger charge is 2.13. The molecular formula is C18H24N4O3. The molecule has 2 aromatic rings. The lowest BCUT2D eigenvalue weighted by atomic mass is 10.2. The van der Waals surface area contributed by atoms with Crippen molar-refractivity contribution in [2.45, 2.75) is 19.8 Å². The Labute approximate surface area is 148 Å². The third-order valence-electron chi connectivity index (χ3n) is 3.75. The molecule has 0 unspecified atom stereocenters. The molecule has 1 aromatic carbocycles. The molecule has 1 amide bonds. The van der Waals surface area contributed by atoms with Crippen molar-refractivity contribution >= 4 is 17.5 Å². The van der Waals surface area contributed by atoms with E-state index >= 15 is 0 Å². The second kappa shape index (κ2) is 8.86. The zero-order valence-electron chi connectivity index (χ0n) is 15.1. The molecule has 0 spiro atoms. The maximum atomic E-state index is 12.3. The molecule has 0 saturated heterocycles. The fraction of sp³-hybridized carbons (Fsp3) is 0.389. The molecule has 7 nitrogen and oxygen atoms in total. The van der Waals surface area contributed by atoms with Crippen LogP contribution in [-0.2, 0) is 0 Å². The van der Waals surface area contributed by atoms with Gasteiger partial charge in [0.25, 0.3) is 5.91 Å². The normalized spacial score (nSPS) is 10.2. The molecule has 134 valence electrons. The first-order valence-corrected chi connectivity index (χ1v) is 8.15. The standard InChI is InChI=1S/C18H24N4O3/c1-5-6-9-22(2)17(23)13-11-19-18(20-12-13)21-15-8-7-14(24-3)10-16(15)25-4/h7-8,10-12H,5-6,9H2,1-4H3,(H,19,20,21). The fourth-order valence-corrected chi connectivity index (χ4v) is 2.24. The van der Waals surface area contributed by atoms with E-state index in [0.29, 0.717) is 28.7 Å². The van der Waals surface area contributed by atoms with Crippen LogP contribution in [0.4, 0.5) is 11.6 Å². The molecule has 0 fully saturated rings. The van der Waals surface area contributed by atoms with Crippen molar-refractivity contribution < 1.29 is 14.3 Å². The van der Waals surface area contributed by atoms with Crippen LogP contribution in [0, 0.1) is 0 Å². The van der Waals surface area contributed by atoms with E-state index in [-0.39, 0.29) is 5.91 Å². The maximum absolute atomic E-state index is 12.3. The quantitative estimate of drug-likeness (QED) is 0.793. The highest BCUT2D eigenvalue weighted by atomic mass is 16.5. The van der Waals surface area contributed by atoms with Crippen molar-refractivity contribution in [3.63, 3.8) is 0 Å². The minimum Gasteiger partial charge on any atom is -0.497 e. The summed E-state index contributed by atoms with van der Waals surface area (Å²) in [5.74, 6) is 1.61. The number of hydrogen-bond donors (Lipinski definition) is 1. The van der Waals surface area contributed by atoms with Crippen LogP contribution >= 0.6 is 0 Å². The lowest BCUT2D eigenvalue weighted by Crippen LogP contribution is -2.27. The first-order chi connectivity index (χ1) is 12.1. The Bertz CT molecular complexity index is 704. The van der Waals surface area contributed by atoms with Crippen molar-refractivity contribution in [3.05, 3.63) is 36.2 Å². The van der Waals surface area contributed by atoms with Gasteiger partial charge in [-0.2, -0.15) is 0 Å². The smallest absolute Gasteiger partial charge is 0.256 e. The molecular weight excluding hydrogens is 320 g/mol. The summed E-state index contributed by atoms with van der Waals surface area (Å²) in [6.07, 6.45) is 5.06. The van der Waals surface area contributed by atoms with Gasteiger partial charge in [0.15, 0.2) is 0 Å². The van der Waals surface area contributed by atoms with Crippen molar-refractivity contribution in [3.8, 4) is 11.5 Å². The van der Waals surface area contributed by atoms with Gasteiger partial charge in [0.05, 0.1) is 25.5 Å². The van der Waals surface area contributed by atoms with Crippen LogP contribution in [0.1, 0.15) is 30.1 Å². The number of hydrogen-bond acceptors (Lipinski definition) is 6. The summed E-state index contributed by atoms with van der Waals surface area (Å²) in [4.78, 5) is 22.4. The van der Waals surface area contributed by atoms with Gasteiger partial charge in [0.2, 0.25) is 5.95 Å². The predicted octanol–water partition coefficient (Wildman–Crippen LogP) is 3.11. The molecule has 1 N–H and O–H groups in total. The van der Waals surface area contributed by atoms with Gasteiger partial charge in [0.1, 0.15) is 11.5 Å². The number of anilines is 2. The molecule has 25 heavy (non-hydrogen) atoms. The van der Waals surface area contributed by atoms with Crippen LogP contribution in [0.3, 0.4) is 0 Å². The van der Waals surface area contributed by atoms with E-state index in [9.17, 15) is 4.79 Å². The van der Waals surface area contributed by atoms with Crippen molar-refractivity contribution in [1.29, 1.82) is 0 Å². The van der Waals surface area contributed by atoms with Crippen LogP contribution in [-0.4, -0.2) is 48.6 Å². The minimum atomic E-state index is -0.0815. The first kappa shape index (κ1) is 18.5. The first-order valence-electron chi connectivity index (χ1n) is 8.15. The fourth-order valence-electron chi connectivity index (χ4n) is 2.24. The topological polar surface area (TPSA) is 76.6 Å². The lowest BCUT2D eigenvalue weighted by molar-refractivity contribution is 0.0792. The van der Waals surface area contributed by atoms with E-state index in [1.54, 1.807) is 32.2 Å². The second-order valence-corrected chi connectivity index (χ2v) is 5.57. The molecule has 0 saturated carbocycles. The molecule has 0 radical (unpaired) electrons. The summed E-state index contributed by atoms with van der Waals surface area (Å²) >= 11 is 0. The van der Waals surface area contributed by atoms with Gasteiger partial charge in [-0.25, -0.2) is 9.97 Å². The Morgan fingerprint density at radius 3 is 2.52 bits per heavy atom. The number of ether oxygens (including phenoxy) is 2. The Kier molecular flexibility index (Phi) is 6.56. The molecule has 0 aliphatic carbocycles. The number of nitrogens with one attached hydrogen (secondary N) is 1. The highest BCUT2D eigenvalue weighted by molar-refractivity contribution is 5.93. The predicted molar refractivity (Wildman–Crippen MR) is 96.7 cm³/mol. The molecule has 0 aliphatic heterocycles. The van der Waals surface area contributed by atoms with E-state index in [2.05, 4.69) is 22.2 Å². The summed E-state index contributed by atoms with van der Waals surface area (Å²) in [5.41, 5.74) is 1.17. The van der Waals surface area contributed by atoms with Gasteiger partial charge in [0, 0.05) is 32.1 Å². The molecule has 1 aromatic heterocycles. The third kappa shape index (κ3) is 4.82. The Morgan fingerprint density at radius 1 is 1.20 bits per heavy atom. The summed E-state index contributed by atoms with van der Waals surface area (Å²) in [6.45, 7) is 2.81. The zero-order chi connectivity index (χ0) is 18.2. The van der Waals surface area contributed by atoms with Crippen LogP contribution < -0.4 is 14.8 Å². The van der Waals surface area contributed by atoms with Crippen LogP contribution in [0.15, 0.2) is 30.6 Å². The number of carbonyl (C=O) groups is 1. The number of unbranched alkanes of at least 4 members (excludes halogenated alkanes) is 1. The van der Waals surface area contributed by atoms with Crippen molar-refractivity contribution in [2.75, 3.05) is 33.1 Å². The molecule has 0 atom stereocenters. The van der Waals surface area contributed by atoms with Gasteiger partial charge in [-0.05, 0) is 18.6 Å². The van der Waals surface area contributed by atoms with Gasteiger partial charge in [-0.3, -0.25) is 4.79 Å². The number of benzene rings is 1. The summed E-state index contributed by atoms with van der Waals surface area (Å²) in [7, 11) is 4.96. The van der Waals surface area contributed by atoms with E-state index < -0.39 is 0 Å². The van der Waals surface area contributed by atoms with Gasteiger partial charge < -0.3 is 19.7 Å². The lowest BCUT2D eigenvalue weighted by Gasteiger charge is -2.16. The number of amides is 1. The molecule has 7 heteroatoms. The van der Waals surface area contributed by atoms with Crippen molar-refractivity contribution in [2.24, 2.45) is 0 Å². The minimum absolute atomic E-state index is 0.0815. The van der Waals surface area contributed by atoms with Gasteiger partial charge in [-0.15, -0.1) is 0 Å². The zero-order valence-corrected chi connectivity index (χ0v) is 15.1. The number of nitrogens with zero attached hydrogens (tertiary/aromatic N) is 3. The second-order valence-electron chi connectivity index (χ2n) is 5.57. The summed E-state index contributed by atoms with van der Waals surface area (Å²) < 4.78 is 10.5. The largest absolute Gasteiger partial charge is 0.497 e.